The third-order valence-electron chi connectivity index (χ3n) is 7.31. The molecule has 0 bridgehead atoms. The summed E-state index contributed by atoms with van der Waals surface area (Å²) in [6.07, 6.45) is 0.335. The standard InChI is InChI=1S/C34H24F2N2O4/c1-19(21-4-6-24(7-5-21)34(40)41)37-33(39)29-17-26(23-8-11-27(35)12-9-23)18-31-32(29)30(38-42-31)15-20-2-3-22-10-13-28(36)16-25(22)14-20/h2-14,16-19H,15H2,1H3,(H,37,39)(H,40,41)/t19-/m0/s1. The highest BCUT2D eigenvalue weighted by Gasteiger charge is 2.22. The average molecular weight is 563 g/mol. The number of carboxylic acids is 1. The molecule has 208 valence electrons. The lowest BCUT2D eigenvalue weighted by Gasteiger charge is -2.16. The van der Waals surface area contributed by atoms with Gasteiger partial charge in [0.05, 0.1) is 28.2 Å². The summed E-state index contributed by atoms with van der Waals surface area (Å²) in [4.78, 5) is 25.0. The molecule has 0 radical (unpaired) electrons. The Labute approximate surface area is 239 Å². The van der Waals surface area contributed by atoms with Crippen LogP contribution < -0.4 is 5.32 Å². The van der Waals surface area contributed by atoms with E-state index in [2.05, 4.69) is 10.5 Å². The molecule has 2 N–H and O–H groups in total. The van der Waals surface area contributed by atoms with E-state index in [0.29, 0.717) is 39.8 Å². The Kier molecular flexibility index (Phi) is 6.96. The second-order valence-electron chi connectivity index (χ2n) is 10.2. The number of nitrogens with zero attached hydrogens (tertiary/aromatic N) is 1. The van der Waals surface area contributed by atoms with E-state index < -0.39 is 12.0 Å². The highest BCUT2D eigenvalue weighted by atomic mass is 19.1. The molecule has 42 heavy (non-hydrogen) atoms. The van der Waals surface area contributed by atoms with Gasteiger partial charge in [-0.3, -0.25) is 4.79 Å². The zero-order chi connectivity index (χ0) is 29.4. The Hall–Kier alpha value is -5.37. The molecule has 0 aliphatic carbocycles. The van der Waals surface area contributed by atoms with Crippen molar-refractivity contribution in [1.82, 2.24) is 10.5 Å². The van der Waals surface area contributed by atoms with E-state index >= 15 is 0 Å². The predicted molar refractivity (Wildman–Crippen MR) is 155 cm³/mol. The molecule has 1 amide bonds. The van der Waals surface area contributed by atoms with Crippen LogP contribution in [0.3, 0.4) is 0 Å². The highest BCUT2D eigenvalue weighted by molar-refractivity contribution is 6.08. The Morgan fingerprint density at radius 1 is 0.833 bits per heavy atom. The van der Waals surface area contributed by atoms with E-state index in [9.17, 15) is 23.5 Å². The van der Waals surface area contributed by atoms with Crippen molar-refractivity contribution < 1.29 is 28.0 Å². The van der Waals surface area contributed by atoms with Gasteiger partial charge in [-0.2, -0.15) is 0 Å². The zero-order valence-electron chi connectivity index (χ0n) is 22.4. The number of rotatable bonds is 7. The molecule has 0 fully saturated rings. The first kappa shape index (κ1) is 26.8. The van der Waals surface area contributed by atoms with Crippen LogP contribution in [0, 0.1) is 11.6 Å². The van der Waals surface area contributed by atoms with Gasteiger partial charge in [0.15, 0.2) is 5.58 Å². The maximum absolute atomic E-state index is 13.9. The lowest BCUT2D eigenvalue weighted by Crippen LogP contribution is -2.27. The summed E-state index contributed by atoms with van der Waals surface area (Å²) < 4.78 is 33.2. The molecule has 5 aromatic carbocycles. The van der Waals surface area contributed by atoms with E-state index in [1.165, 1.54) is 36.4 Å². The summed E-state index contributed by atoms with van der Waals surface area (Å²) in [7, 11) is 0. The van der Waals surface area contributed by atoms with Crippen molar-refractivity contribution in [3.05, 3.63) is 137 Å². The molecule has 0 saturated heterocycles. The minimum absolute atomic E-state index is 0.150. The smallest absolute Gasteiger partial charge is 0.335 e. The topological polar surface area (TPSA) is 92.4 Å². The maximum Gasteiger partial charge on any atom is 0.335 e. The van der Waals surface area contributed by atoms with Crippen LogP contribution in [0.4, 0.5) is 8.78 Å². The fourth-order valence-corrected chi connectivity index (χ4v) is 5.09. The summed E-state index contributed by atoms with van der Waals surface area (Å²) in [5.74, 6) is -2.12. The quantitative estimate of drug-likeness (QED) is 0.208. The Morgan fingerprint density at radius 2 is 1.55 bits per heavy atom. The van der Waals surface area contributed by atoms with E-state index in [-0.39, 0.29) is 23.1 Å². The minimum Gasteiger partial charge on any atom is -0.478 e. The largest absolute Gasteiger partial charge is 0.478 e. The summed E-state index contributed by atoms with van der Waals surface area (Å²) in [6.45, 7) is 1.80. The van der Waals surface area contributed by atoms with Gasteiger partial charge in [0.1, 0.15) is 11.6 Å². The molecule has 0 saturated carbocycles. The number of aromatic nitrogens is 1. The van der Waals surface area contributed by atoms with Crippen LogP contribution in [-0.4, -0.2) is 22.1 Å². The number of carbonyl (C=O) groups excluding carboxylic acids is 1. The fourth-order valence-electron chi connectivity index (χ4n) is 5.09. The van der Waals surface area contributed by atoms with Crippen molar-refractivity contribution in [3.8, 4) is 11.1 Å². The first-order chi connectivity index (χ1) is 20.2. The number of nitrogens with one attached hydrogen (secondary N) is 1. The van der Waals surface area contributed by atoms with Crippen molar-refractivity contribution in [2.45, 2.75) is 19.4 Å². The van der Waals surface area contributed by atoms with Gasteiger partial charge in [-0.1, -0.05) is 53.7 Å². The number of aromatic carboxylic acids is 1. The first-order valence-electron chi connectivity index (χ1n) is 13.3. The van der Waals surface area contributed by atoms with E-state index in [0.717, 1.165) is 21.9 Å². The Bertz CT molecular complexity index is 1970. The number of halogens is 2. The van der Waals surface area contributed by atoms with Gasteiger partial charge in [-0.05, 0) is 88.5 Å². The SMILES string of the molecule is C[C@H](NC(=O)c1cc(-c2ccc(F)cc2)cc2onc(Cc3ccc4ccc(F)cc4c3)c12)c1ccc(C(=O)O)cc1. The third-order valence-corrected chi connectivity index (χ3v) is 7.31. The Balaban J connectivity index is 1.40. The van der Waals surface area contributed by atoms with Crippen LogP contribution in [-0.2, 0) is 6.42 Å². The van der Waals surface area contributed by atoms with Crippen LogP contribution in [0.15, 0.2) is 102 Å². The molecule has 0 unspecified atom stereocenters. The molecular formula is C34H24F2N2O4. The van der Waals surface area contributed by atoms with Crippen molar-refractivity contribution in [2.75, 3.05) is 0 Å². The number of hydrogen-bond acceptors (Lipinski definition) is 4. The first-order valence-corrected chi connectivity index (χ1v) is 13.3. The van der Waals surface area contributed by atoms with Crippen molar-refractivity contribution in [2.24, 2.45) is 0 Å². The normalized spacial score (nSPS) is 12.0. The van der Waals surface area contributed by atoms with Crippen molar-refractivity contribution in [3.63, 3.8) is 0 Å². The molecule has 1 heterocycles. The van der Waals surface area contributed by atoms with Crippen molar-refractivity contribution in [1.29, 1.82) is 0 Å². The van der Waals surface area contributed by atoms with Gasteiger partial charge in [0.25, 0.3) is 5.91 Å². The third kappa shape index (κ3) is 5.34. The molecule has 1 aromatic heterocycles. The minimum atomic E-state index is -1.03. The van der Waals surface area contributed by atoms with Crippen LogP contribution in [0.2, 0.25) is 0 Å². The molecule has 1 atom stereocenters. The summed E-state index contributed by atoms with van der Waals surface area (Å²) >= 11 is 0. The van der Waals surface area contributed by atoms with Gasteiger partial charge in [-0.15, -0.1) is 0 Å². The highest BCUT2D eigenvalue weighted by Crippen LogP contribution is 2.32. The second-order valence-corrected chi connectivity index (χ2v) is 10.2. The number of carbonyl (C=O) groups is 2. The van der Waals surface area contributed by atoms with E-state index in [1.807, 2.05) is 18.2 Å². The van der Waals surface area contributed by atoms with Gasteiger partial charge < -0.3 is 14.9 Å². The zero-order valence-corrected chi connectivity index (χ0v) is 22.4. The number of fused-ring (bicyclic) bond motifs is 2. The van der Waals surface area contributed by atoms with Gasteiger partial charge in [0.2, 0.25) is 0 Å². The summed E-state index contributed by atoms with van der Waals surface area (Å²) in [5, 5.41) is 18.7. The van der Waals surface area contributed by atoms with Crippen LogP contribution in [0.25, 0.3) is 32.9 Å². The number of hydrogen-bond donors (Lipinski definition) is 2. The second kappa shape index (κ2) is 10.9. The Morgan fingerprint density at radius 3 is 2.29 bits per heavy atom. The number of amides is 1. The van der Waals surface area contributed by atoms with Gasteiger partial charge in [0, 0.05) is 6.42 Å². The summed E-state index contributed by atoms with van der Waals surface area (Å²) in [6, 6.07) is 25.6. The molecule has 6 nitrogen and oxygen atoms in total. The molecular weight excluding hydrogens is 538 g/mol. The average Bonchev–Trinajstić information content (AvgIpc) is 3.39. The predicted octanol–water partition coefficient (Wildman–Crippen LogP) is 7.71. The maximum atomic E-state index is 13.9. The lowest BCUT2D eigenvalue weighted by molar-refractivity contribution is 0.0696. The van der Waals surface area contributed by atoms with Gasteiger partial charge >= 0.3 is 5.97 Å². The lowest BCUT2D eigenvalue weighted by atomic mass is 9.96. The number of benzene rings is 5. The monoisotopic (exact) mass is 562 g/mol. The molecule has 8 heteroatoms. The fraction of sp³-hybridized carbons (Fsp3) is 0.0882. The molecule has 6 aromatic rings. The summed E-state index contributed by atoms with van der Waals surface area (Å²) in [5.41, 5.74) is 4.34. The van der Waals surface area contributed by atoms with Crippen LogP contribution >= 0.6 is 0 Å². The van der Waals surface area contributed by atoms with Crippen molar-refractivity contribution >= 4 is 33.6 Å². The van der Waals surface area contributed by atoms with E-state index in [4.69, 9.17) is 4.52 Å². The molecule has 0 aliphatic rings. The van der Waals surface area contributed by atoms with E-state index in [1.54, 1.807) is 49.4 Å². The number of carboxylic acid groups (broad SMARTS) is 1. The molecule has 0 aliphatic heterocycles. The van der Waals surface area contributed by atoms with Crippen LogP contribution in [0.1, 0.15) is 50.5 Å². The molecule has 0 spiro atoms. The molecule has 6 rings (SSSR count). The van der Waals surface area contributed by atoms with Gasteiger partial charge in [-0.25, -0.2) is 13.6 Å². The van der Waals surface area contributed by atoms with Crippen LogP contribution in [0.5, 0.6) is 0 Å².